The largest absolute Gasteiger partial charge is 0.463 e. The van der Waals surface area contributed by atoms with Crippen LogP contribution in [0.2, 0.25) is 0 Å². The first-order valence-electron chi connectivity index (χ1n) is 15.9. The zero-order valence-electron chi connectivity index (χ0n) is 26.0. The van der Waals surface area contributed by atoms with Crippen molar-refractivity contribution in [1.82, 2.24) is 0 Å². The zero-order valence-corrected chi connectivity index (χ0v) is 26.0. The molecular weight excluding hydrogens is 612 g/mol. The van der Waals surface area contributed by atoms with E-state index in [1.807, 2.05) is 13.0 Å². The van der Waals surface area contributed by atoms with E-state index in [2.05, 4.69) is 12.2 Å². The number of allylic oxidation sites excluding steroid dienone is 4. The smallest absolute Gasteiger partial charge is 0.305 e. The number of hydrogen-bond acceptors (Lipinski definition) is 15. The number of rotatable bonds is 18. The second kappa shape index (κ2) is 19.2. The highest BCUT2D eigenvalue weighted by Crippen LogP contribution is 2.31. The highest BCUT2D eigenvalue weighted by molar-refractivity contribution is 5.94. The molecule has 1 aliphatic carbocycles. The summed E-state index contributed by atoms with van der Waals surface area (Å²) in [5, 5.41) is 80.3. The van der Waals surface area contributed by atoms with Gasteiger partial charge in [0.05, 0.1) is 19.8 Å². The summed E-state index contributed by atoms with van der Waals surface area (Å²) in [4.78, 5) is 24.3. The van der Waals surface area contributed by atoms with Gasteiger partial charge in [0.2, 0.25) is 0 Å². The Bertz CT molecular complexity index is 989. The minimum Gasteiger partial charge on any atom is -0.463 e. The number of aliphatic hydroxyl groups is 8. The summed E-state index contributed by atoms with van der Waals surface area (Å²) in [7, 11) is 0. The van der Waals surface area contributed by atoms with Crippen molar-refractivity contribution in [3.8, 4) is 0 Å². The van der Waals surface area contributed by atoms with Gasteiger partial charge >= 0.3 is 5.97 Å². The molecule has 0 saturated carbocycles. The maximum atomic E-state index is 12.1. The Hall–Kier alpha value is -1.86. The number of esters is 1. The lowest BCUT2D eigenvalue weighted by Gasteiger charge is -2.42. The first-order chi connectivity index (χ1) is 22.0. The van der Waals surface area contributed by atoms with E-state index >= 15 is 0 Å². The van der Waals surface area contributed by atoms with Crippen LogP contribution in [0.4, 0.5) is 0 Å². The molecule has 0 aromatic carbocycles. The van der Waals surface area contributed by atoms with E-state index in [-0.39, 0.29) is 24.0 Å². The molecule has 46 heavy (non-hydrogen) atoms. The van der Waals surface area contributed by atoms with Crippen molar-refractivity contribution in [2.45, 2.75) is 119 Å². The van der Waals surface area contributed by atoms with Gasteiger partial charge in [-0.3, -0.25) is 9.59 Å². The molecule has 2 heterocycles. The Labute approximate surface area is 268 Å². The third-order valence-electron chi connectivity index (χ3n) is 8.43. The van der Waals surface area contributed by atoms with Crippen molar-refractivity contribution in [1.29, 1.82) is 0 Å². The normalized spacial score (nSPS) is 37.2. The molecule has 2 fully saturated rings. The number of hydrogen-bond donors (Lipinski definition) is 8. The first-order valence-corrected chi connectivity index (χ1v) is 15.9. The van der Waals surface area contributed by atoms with Gasteiger partial charge in [-0.15, -0.1) is 0 Å². The van der Waals surface area contributed by atoms with Gasteiger partial charge in [0.1, 0.15) is 61.5 Å². The van der Waals surface area contributed by atoms with Gasteiger partial charge in [-0.25, -0.2) is 0 Å². The first kappa shape index (κ1) is 38.6. The second-order valence-electron chi connectivity index (χ2n) is 12.0. The van der Waals surface area contributed by atoms with Crippen molar-refractivity contribution in [2.24, 2.45) is 11.8 Å². The van der Waals surface area contributed by atoms with E-state index in [0.717, 1.165) is 32.1 Å². The lowest BCUT2D eigenvalue weighted by molar-refractivity contribution is -0.332. The van der Waals surface area contributed by atoms with Crippen molar-refractivity contribution in [3.63, 3.8) is 0 Å². The third kappa shape index (κ3) is 10.8. The maximum absolute atomic E-state index is 12.1. The summed E-state index contributed by atoms with van der Waals surface area (Å²) >= 11 is 0. The topological polar surface area (TPSA) is 242 Å². The van der Waals surface area contributed by atoms with Crippen LogP contribution in [0.25, 0.3) is 0 Å². The van der Waals surface area contributed by atoms with Gasteiger partial charge in [0.25, 0.3) is 0 Å². The molecule has 0 bridgehead atoms. The van der Waals surface area contributed by atoms with Gasteiger partial charge in [0, 0.05) is 12.3 Å². The maximum Gasteiger partial charge on any atom is 0.305 e. The Balaban J connectivity index is 1.33. The molecule has 2 saturated heterocycles. The van der Waals surface area contributed by atoms with E-state index in [1.165, 1.54) is 0 Å². The zero-order chi connectivity index (χ0) is 33.8. The SMILES string of the molecule is CC/C=C/CC1C(=O)C=CC1CCCCCC(=O)OCC(O)CO[C@@H]1O[C@H](CO[C@@H]2O[C@H](CO)[C@H](O)[C@H](O)[C@H]2O)[C@H](O)[C@H](O)[C@H]1O. The van der Waals surface area contributed by atoms with Crippen LogP contribution in [0.5, 0.6) is 0 Å². The lowest BCUT2D eigenvalue weighted by Crippen LogP contribution is -2.61. The van der Waals surface area contributed by atoms with Crippen molar-refractivity contribution < 1.29 is 74.1 Å². The highest BCUT2D eigenvalue weighted by atomic mass is 16.7. The number of carbonyl (C=O) groups is 2. The van der Waals surface area contributed by atoms with E-state index in [0.29, 0.717) is 6.42 Å². The van der Waals surface area contributed by atoms with E-state index in [4.69, 9.17) is 23.7 Å². The van der Waals surface area contributed by atoms with Gasteiger partial charge in [-0.05, 0) is 37.7 Å². The van der Waals surface area contributed by atoms with Gasteiger partial charge < -0.3 is 64.5 Å². The number of unbranched alkanes of at least 4 members (excludes halogenated alkanes) is 2. The molecule has 3 rings (SSSR count). The van der Waals surface area contributed by atoms with E-state index in [1.54, 1.807) is 6.08 Å². The predicted octanol–water partition coefficient (Wildman–Crippen LogP) is -1.79. The van der Waals surface area contributed by atoms with Gasteiger partial charge in [0.15, 0.2) is 18.4 Å². The average molecular weight is 663 g/mol. The third-order valence-corrected chi connectivity index (χ3v) is 8.43. The van der Waals surface area contributed by atoms with Crippen LogP contribution in [-0.4, -0.2) is 147 Å². The molecule has 15 heteroatoms. The summed E-state index contributed by atoms with van der Waals surface area (Å²) < 4.78 is 26.6. The molecule has 13 atom stereocenters. The van der Waals surface area contributed by atoms with Crippen LogP contribution in [0.1, 0.15) is 51.9 Å². The Morgan fingerprint density at radius 3 is 2.20 bits per heavy atom. The van der Waals surface area contributed by atoms with Crippen LogP contribution in [-0.2, 0) is 33.3 Å². The average Bonchev–Trinajstić information content (AvgIpc) is 3.39. The molecule has 0 radical (unpaired) electrons. The molecule has 15 nitrogen and oxygen atoms in total. The minimum atomic E-state index is -1.74. The van der Waals surface area contributed by atoms with E-state index in [9.17, 15) is 50.4 Å². The lowest BCUT2D eigenvalue weighted by atomic mass is 9.87. The van der Waals surface area contributed by atoms with Crippen molar-refractivity contribution in [2.75, 3.05) is 26.4 Å². The molecule has 3 unspecified atom stereocenters. The van der Waals surface area contributed by atoms with Gasteiger partial charge in [-0.2, -0.15) is 0 Å². The Kier molecular flexibility index (Phi) is 16.1. The number of carbonyl (C=O) groups excluding carboxylic acids is 2. The quantitative estimate of drug-likeness (QED) is 0.0459. The summed E-state index contributed by atoms with van der Waals surface area (Å²) in [6.07, 6.45) is -4.33. The van der Waals surface area contributed by atoms with E-state index < -0.39 is 99.9 Å². The standard InChI is InChI=1S/C31H50O15/c1-2-3-5-9-19-17(11-12-20(19)34)8-6-4-7-10-23(35)42-14-18(33)15-43-30-29(41)27(39)25(37)22(46-30)16-44-31-28(40)26(38)24(36)21(13-32)45-31/h3,5,11-12,17-19,21-22,24-33,36-41H,2,4,6-10,13-16H2,1H3/b5-3+/t17?,18?,19?,21-,22-,24+,25+,26+,27+,28-,29-,30-,31-/m1/s1. The molecule has 0 aromatic heterocycles. The van der Waals surface area contributed by atoms with Crippen LogP contribution < -0.4 is 0 Å². The Morgan fingerprint density at radius 2 is 1.52 bits per heavy atom. The second-order valence-corrected chi connectivity index (χ2v) is 12.0. The number of aliphatic hydroxyl groups excluding tert-OH is 8. The van der Waals surface area contributed by atoms with Crippen LogP contribution in [0.15, 0.2) is 24.3 Å². The summed E-state index contributed by atoms with van der Waals surface area (Å²) in [5.41, 5.74) is 0. The molecule has 0 spiro atoms. The summed E-state index contributed by atoms with van der Waals surface area (Å²) in [5.74, 6) is -0.149. The number of ketones is 1. The highest BCUT2D eigenvalue weighted by Gasteiger charge is 2.47. The summed E-state index contributed by atoms with van der Waals surface area (Å²) in [6.45, 7) is -0.00203. The molecule has 264 valence electrons. The molecular formula is C31H50O15. The molecule has 3 aliphatic rings. The van der Waals surface area contributed by atoms with Crippen LogP contribution in [0.3, 0.4) is 0 Å². The minimum absolute atomic E-state index is 0.0133. The molecule has 2 aliphatic heterocycles. The summed E-state index contributed by atoms with van der Waals surface area (Å²) in [6, 6.07) is 0. The fraction of sp³-hybridized carbons (Fsp3) is 0.806. The molecule has 8 N–H and O–H groups in total. The Morgan fingerprint density at radius 1 is 0.870 bits per heavy atom. The number of ether oxygens (including phenoxy) is 5. The van der Waals surface area contributed by atoms with Crippen molar-refractivity contribution in [3.05, 3.63) is 24.3 Å². The van der Waals surface area contributed by atoms with Crippen molar-refractivity contribution >= 4 is 11.8 Å². The monoisotopic (exact) mass is 662 g/mol. The molecule has 0 aromatic rings. The fourth-order valence-electron chi connectivity index (χ4n) is 5.61. The van der Waals surface area contributed by atoms with Gasteiger partial charge in [-0.1, -0.05) is 38.0 Å². The fourth-order valence-corrected chi connectivity index (χ4v) is 5.61. The molecule has 0 amide bonds. The van der Waals surface area contributed by atoms with Crippen LogP contribution >= 0.6 is 0 Å². The predicted molar refractivity (Wildman–Crippen MR) is 158 cm³/mol. The van der Waals surface area contributed by atoms with Crippen LogP contribution in [0, 0.1) is 11.8 Å².